The fourth-order valence-electron chi connectivity index (χ4n) is 2.41. The molecule has 2 rings (SSSR count). The van der Waals surface area contributed by atoms with Crippen molar-refractivity contribution >= 4 is 28.6 Å². The molecule has 2 aromatic rings. The molecule has 0 saturated carbocycles. The van der Waals surface area contributed by atoms with Gasteiger partial charge in [0.05, 0.1) is 11.1 Å². The lowest BCUT2D eigenvalue weighted by molar-refractivity contribution is -0.125. The third-order valence-electron chi connectivity index (χ3n) is 4.00. The van der Waals surface area contributed by atoms with Crippen LogP contribution >= 0.6 is 11.8 Å². The Bertz CT molecular complexity index is 908. The van der Waals surface area contributed by atoms with Crippen molar-refractivity contribution in [3.8, 4) is 29.9 Å². The predicted octanol–water partition coefficient (Wildman–Crippen LogP) is 3.59. The van der Waals surface area contributed by atoms with Crippen LogP contribution in [0, 0.1) is 24.2 Å². The molecule has 4 nitrogen and oxygen atoms in total. The highest BCUT2D eigenvalue weighted by Crippen LogP contribution is 2.23. The molecule has 1 aromatic heterocycles. The lowest BCUT2D eigenvalue weighted by Gasteiger charge is -2.26. The van der Waals surface area contributed by atoms with Gasteiger partial charge in [0.15, 0.2) is 0 Å². The monoisotopic (exact) mass is 366 g/mol. The van der Waals surface area contributed by atoms with E-state index in [-0.39, 0.29) is 5.91 Å². The van der Waals surface area contributed by atoms with Crippen molar-refractivity contribution in [2.75, 3.05) is 6.26 Å². The molecule has 5 heteroatoms. The minimum atomic E-state index is -0.680. The molecule has 2 atom stereocenters. The number of amides is 1. The standard InChI is InChI=1S/C21H22N2O2S/c1-6-11-21(4,8-3)23-19(24)20(26-5)25-17-9-10-18-16(13-17)12-15(7-2)14-22-18/h2,9-10,12-14,20H,8H2,1,3-5H3,(H,23,24). The quantitative estimate of drug-likeness (QED) is 0.627. The van der Waals surface area contributed by atoms with Crippen LogP contribution in [-0.2, 0) is 4.79 Å². The van der Waals surface area contributed by atoms with Gasteiger partial charge in [-0.1, -0.05) is 18.8 Å². The molecular weight excluding hydrogens is 344 g/mol. The number of terminal acetylenes is 1. The van der Waals surface area contributed by atoms with Gasteiger partial charge in [0, 0.05) is 17.1 Å². The maximum Gasteiger partial charge on any atom is 0.272 e. The van der Waals surface area contributed by atoms with Crippen molar-refractivity contribution in [3.05, 3.63) is 36.0 Å². The molecule has 0 spiro atoms. The first-order valence-corrected chi connectivity index (χ1v) is 9.55. The smallest absolute Gasteiger partial charge is 0.272 e. The van der Waals surface area contributed by atoms with Crippen LogP contribution in [0.1, 0.15) is 32.8 Å². The highest BCUT2D eigenvalue weighted by molar-refractivity contribution is 7.99. The molecule has 1 aromatic carbocycles. The summed E-state index contributed by atoms with van der Waals surface area (Å²) in [7, 11) is 0. The molecule has 26 heavy (non-hydrogen) atoms. The number of carbonyl (C=O) groups excluding carboxylic acids is 1. The summed E-state index contributed by atoms with van der Waals surface area (Å²) in [5.41, 5.74) is 0.266. The summed E-state index contributed by atoms with van der Waals surface area (Å²) in [5, 5.41) is 3.84. The Hall–Kier alpha value is -2.63. The first-order valence-electron chi connectivity index (χ1n) is 8.26. The maximum absolute atomic E-state index is 12.6. The van der Waals surface area contributed by atoms with E-state index in [0.29, 0.717) is 17.7 Å². The number of pyridine rings is 1. The van der Waals surface area contributed by atoms with E-state index in [4.69, 9.17) is 11.2 Å². The largest absolute Gasteiger partial charge is 0.470 e. The molecule has 0 bridgehead atoms. The summed E-state index contributed by atoms with van der Waals surface area (Å²) in [6, 6.07) is 7.35. The fraction of sp³-hybridized carbons (Fsp3) is 0.333. The second-order valence-electron chi connectivity index (χ2n) is 5.96. The molecule has 2 unspecified atom stereocenters. The summed E-state index contributed by atoms with van der Waals surface area (Å²) in [5.74, 6) is 8.86. The van der Waals surface area contributed by atoms with Crippen molar-refractivity contribution < 1.29 is 9.53 Å². The van der Waals surface area contributed by atoms with Crippen molar-refractivity contribution in [1.29, 1.82) is 0 Å². The first-order chi connectivity index (χ1) is 12.4. The van der Waals surface area contributed by atoms with Gasteiger partial charge in [0.2, 0.25) is 5.44 Å². The van der Waals surface area contributed by atoms with E-state index in [0.717, 1.165) is 10.9 Å². The summed E-state index contributed by atoms with van der Waals surface area (Å²) in [6.07, 6.45) is 9.62. The molecule has 1 N–H and O–H groups in total. The molecule has 0 radical (unpaired) electrons. The SMILES string of the molecule is C#Cc1cnc2ccc(OC(SC)C(=O)NC(C)(C#CC)CC)cc2c1. The number of aromatic nitrogens is 1. The minimum absolute atomic E-state index is 0.208. The van der Waals surface area contributed by atoms with Crippen LogP contribution in [-0.4, -0.2) is 28.1 Å². The summed E-state index contributed by atoms with van der Waals surface area (Å²) >= 11 is 1.32. The lowest BCUT2D eigenvalue weighted by atomic mass is 10.00. The molecule has 1 heterocycles. The van der Waals surface area contributed by atoms with Crippen LogP contribution in [0.5, 0.6) is 5.75 Å². The van der Waals surface area contributed by atoms with E-state index in [9.17, 15) is 4.79 Å². The molecule has 134 valence electrons. The topological polar surface area (TPSA) is 51.2 Å². The van der Waals surface area contributed by atoms with Gasteiger partial charge in [-0.05, 0) is 50.8 Å². The number of hydrogen-bond acceptors (Lipinski definition) is 4. The number of fused-ring (bicyclic) bond motifs is 1. The number of thioether (sulfide) groups is 1. The average Bonchev–Trinajstić information content (AvgIpc) is 2.65. The van der Waals surface area contributed by atoms with E-state index >= 15 is 0 Å². The van der Waals surface area contributed by atoms with Crippen LogP contribution in [0.4, 0.5) is 0 Å². The van der Waals surface area contributed by atoms with Crippen LogP contribution in [0.25, 0.3) is 10.9 Å². The number of nitrogens with zero attached hydrogens (tertiary/aromatic N) is 1. The van der Waals surface area contributed by atoms with Crippen LogP contribution in [0.15, 0.2) is 30.5 Å². The van der Waals surface area contributed by atoms with Gasteiger partial charge >= 0.3 is 0 Å². The number of benzene rings is 1. The Balaban J connectivity index is 2.21. The third-order valence-corrected chi connectivity index (χ3v) is 4.74. The predicted molar refractivity (Wildman–Crippen MR) is 108 cm³/mol. The van der Waals surface area contributed by atoms with Gasteiger partial charge in [0.25, 0.3) is 5.91 Å². The Morgan fingerprint density at radius 1 is 1.46 bits per heavy atom. The minimum Gasteiger partial charge on any atom is -0.470 e. The van der Waals surface area contributed by atoms with E-state index in [1.165, 1.54) is 11.8 Å². The third kappa shape index (κ3) is 4.71. The average molecular weight is 366 g/mol. The fourth-order valence-corrected chi connectivity index (χ4v) is 2.89. The van der Waals surface area contributed by atoms with Crippen molar-refractivity contribution in [3.63, 3.8) is 0 Å². The number of carbonyl (C=O) groups is 1. The van der Waals surface area contributed by atoms with E-state index < -0.39 is 11.0 Å². The molecule has 0 saturated heterocycles. The van der Waals surface area contributed by atoms with Gasteiger partial charge in [-0.2, -0.15) is 0 Å². The second kappa shape index (κ2) is 8.65. The highest BCUT2D eigenvalue weighted by atomic mass is 32.2. The molecule has 1 amide bonds. The van der Waals surface area contributed by atoms with Crippen molar-refractivity contribution in [2.24, 2.45) is 0 Å². The number of nitrogens with one attached hydrogen (secondary N) is 1. The molecule has 0 fully saturated rings. The zero-order chi connectivity index (χ0) is 19.2. The van der Waals surface area contributed by atoms with Gasteiger partial charge < -0.3 is 10.1 Å². The van der Waals surface area contributed by atoms with Crippen molar-refractivity contribution in [1.82, 2.24) is 10.3 Å². The molecule has 0 aliphatic heterocycles. The van der Waals surface area contributed by atoms with Gasteiger partial charge in [-0.15, -0.1) is 24.1 Å². The number of ether oxygens (including phenoxy) is 1. The number of hydrogen-bond donors (Lipinski definition) is 1. The Kier molecular flexibility index (Phi) is 6.55. The molecule has 0 aliphatic carbocycles. The van der Waals surface area contributed by atoms with E-state index in [1.54, 1.807) is 19.2 Å². The van der Waals surface area contributed by atoms with Crippen LogP contribution < -0.4 is 10.1 Å². The van der Waals surface area contributed by atoms with Crippen LogP contribution in [0.3, 0.4) is 0 Å². The lowest BCUT2D eigenvalue weighted by Crippen LogP contribution is -2.49. The molecule has 0 aliphatic rings. The van der Waals surface area contributed by atoms with Gasteiger partial charge in [-0.3, -0.25) is 9.78 Å². The number of rotatable bonds is 6. The Morgan fingerprint density at radius 2 is 2.23 bits per heavy atom. The summed E-state index contributed by atoms with van der Waals surface area (Å²) in [4.78, 5) is 16.9. The normalized spacial score (nSPS) is 13.7. The van der Waals surface area contributed by atoms with E-state index in [2.05, 4.69) is 28.1 Å². The summed E-state index contributed by atoms with van der Waals surface area (Å²) in [6.45, 7) is 5.65. The van der Waals surface area contributed by atoms with Crippen LogP contribution in [0.2, 0.25) is 0 Å². The zero-order valence-corrected chi connectivity index (χ0v) is 16.2. The summed E-state index contributed by atoms with van der Waals surface area (Å²) < 4.78 is 5.90. The van der Waals surface area contributed by atoms with E-state index in [1.807, 2.05) is 38.3 Å². The maximum atomic E-state index is 12.6. The molecular formula is C21H22N2O2S. The van der Waals surface area contributed by atoms with Gasteiger partial charge in [0.1, 0.15) is 5.75 Å². The van der Waals surface area contributed by atoms with Crippen molar-refractivity contribution in [2.45, 2.75) is 38.2 Å². The second-order valence-corrected chi connectivity index (χ2v) is 6.86. The first kappa shape index (κ1) is 19.7. The Morgan fingerprint density at radius 3 is 2.85 bits per heavy atom. The Labute approximate surface area is 159 Å². The highest BCUT2D eigenvalue weighted by Gasteiger charge is 2.27. The zero-order valence-electron chi connectivity index (χ0n) is 15.4. The van der Waals surface area contributed by atoms with Gasteiger partial charge in [-0.25, -0.2) is 0 Å².